The summed E-state index contributed by atoms with van der Waals surface area (Å²) in [4.78, 5) is 17.7. The third-order valence-electron chi connectivity index (χ3n) is 5.04. The van der Waals surface area contributed by atoms with Crippen LogP contribution in [0, 0.1) is 13.8 Å². The van der Waals surface area contributed by atoms with Crippen LogP contribution in [-0.2, 0) is 13.1 Å². The molecule has 3 aromatic rings. The van der Waals surface area contributed by atoms with Crippen molar-refractivity contribution in [3.8, 4) is 0 Å². The minimum Gasteiger partial charge on any atom is -0.396 e. The fourth-order valence-electron chi connectivity index (χ4n) is 3.34. The molecule has 0 spiro atoms. The molecule has 0 unspecified atom stereocenters. The van der Waals surface area contributed by atoms with Gasteiger partial charge in [-0.1, -0.05) is 42.5 Å². The van der Waals surface area contributed by atoms with Gasteiger partial charge < -0.3 is 20.3 Å². The first-order valence-electron chi connectivity index (χ1n) is 9.79. The topological polar surface area (TPSA) is 68.4 Å². The molecule has 29 heavy (non-hydrogen) atoms. The Bertz CT molecular complexity index is 1050. The van der Waals surface area contributed by atoms with Crippen LogP contribution in [0.5, 0.6) is 0 Å². The van der Waals surface area contributed by atoms with Crippen LogP contribution in [0.2, 0.25) is 0 Å². The van der Waals surface area contributed by atoms with Crippen molar-refractivity contribution >= 4 is 28.2 Å². The second kappa shape index (κ2) is 9.67. The first kappa shape index (κ1) is 21.0. The van der Waals surface area contributed by atoms with Crippen LogP contribution < -0.4 is 10.9 Å². The molecule has 0 radical (unpaired) electrons. The molecule has 0 aliphatic heterocycles. The van der Waals surface area contributed by atoms with E-state index in [4.69, 9.17) is 12.2 Å². The van der Waals surface area contributed by atoms with Crippen LogP contribution in [0.4, 0.5) is 0 Å². The monoisotopic (exact) mass is 409 g/mol. The Kier molecular flexibility index (Phi) is 7.01. The number of fused-ring (bicyclic) bond motifs is 1. The van der Waals surface area contributed by atoms with E-state index < -0.39 is 0 Å². The summed E-state index contributed by atoms with van der Waals surface area (Å²) in [6.45, 7) is 5.68. The van der Waals surface area contributed by atoms with E-state index in [2.05, 4.69) is 16.4 Å². The molecule has 3 N–H and O–H groups in total. The van der Waals surface area contributed by atoms with Gasteiger partial charge >= 0.3 is 0 Å². The van der Waals surface area contributed by atoms with Crippen molar-refractivity contribution in [3.05, 3.63) is 81.1 Å². The van der Waals surface area contributed by atoms with Gasteiger partial charge in [0.2, 0.25) is 0 Å². The summed E-state index contributed by atoms with van der Waals surface area (Å²) in [6, 6.07) is 16.1. The van der Waals surface area contributed by atoms with E-state index in [0.717, 1.165) is 27.6 Å². The number of hydrogen-bond acceptors (Lipinski definition) is 3. The molecule has 0 bridgehead atoms. The predicted octanol–water partition coefficient (Wildman–Crippen LogP) is 3.40. The van der Waals surface area contributed by atoms with Gasteiger partial charge in [-0.3, -0.25) is 4.79 Å². The van der Waals surface area contributed by atoms with Crippen molar-refractivity contribution < 1.29 is 5.11 Å². The predicted molar refractivity (Wildman–Crippen MR) is 122 cm³/mol. The van der Waals surface area contributed by atoms with Crippen molar-refractivity contribution in [1.29, 1.82) is 0 Å². The van der Waals surface area contributed by atoms with E-state index in [0.29, 0.717) is 36.7 Å². The van der Waals surface area contributed by atoms with Gasteiger partial charge in [-0.2, -0.15) is 0 Å². The summed E-state index contributed by atoms with van der Waals surface area (Å²) in [5.41, 5.74) is 4.73. The Morgan fingerprint density at radius 1 is 1.14 bits per heavy atom. The Morgan fingerprint density at radius 3 is 2.59 bits per heavy atom. The number of pyridine rings is 1. The molecule has 1 aromatic heterocycles. The van der Waals surface area contributed by atoms with Crippen LogP contribution >= 0.6 is 12.2 Å². The fraction of sp³-hybridized carbons (Fsp3) is 0.304. The number of aliphatic hydroxyl groups excluding tert-OH is 1. The highest BCUT2D eigenvalue weighted by molar-refractivity contribution is 7.80. The van der Waals surface area contributed by atoms with Gasteiger partial charge in [0, 0.05) is 30.6 Å². The summed E-state index contributed by atoms with van der Waals surface area (Å²) in [5.74, 6) is 0. The normalized spacial score (nSPS) is 10.9. The third-order valence-corrected chi connectivity index (χ3v) is 5.44. The Hall–Kier alpha value is -2.70. The molecule has 0 aliphatic rings. The maximum atomic E-state index is 12.7. The molecule has 1 heterocycles. The number of aliphatic hydroxyl groups is 1. The first-order valence-corrected chi connectivity index (χ1v) is 10.2. The van der Waals surface area contributed by atoms with Crippen LogP contribution in [-0.4, -0.2) is 33.3 Å². The number of aryl methyl sites for hydroxylation is 2. The number of nitrogens with zero attached hydrogens (tertiary/aromatic N) is 1. The van der Waals surface area contributed by atoms with Gasteiger partial charge in [-0.15, -0.1) is 0 Å². The van der Waals surface area contributed by atoms with Gasteiger partial charge in [-0.05, 0) is 55.2 Å². The van der Waals surface area contributed by atoms with E-state index in [1.54, 1.807) is 0 Å². The largest absolute Gasteiger partial charge is 0.396 e. The highest BCUT2D eigenvalue weighted by Crippen LogP contribution is 2.20. The minimum atomic E-state index is -0.106. The van der Waals surface area contributed by atoms with Crippen LogP contribution in [0.25, 0.3) is 10.9 Å². The summed E-state index contributed by atoms with van der Waals surface area (Å²) in [5, 5.41) is 14.2. The molecule has 0 fully saturated rings. The SMILES string of the molecule is Cc1ccc(C)c2[nH]c(=O)c(CN(CCCO)C(=S)NCc3ccccc3)cc12. The van der Waals surface area contributed by atoms with E-state index in [1.165, 1.54) is 0 Å². The lowest BCUT2D eigenvalue weighted by molar-refractivity contribution is 0.264. The molecule has 0 saturated heterocycles. The van der Waals surface area contributed by atoms with Gasteiger partial charge in [0.05, 0.1) is 12.1 Å². The third kappa shape index (κ3) is 5.22. The number of hydrogen-bond donors (Lipinski definition) is 3. The second-order valence-electron chi connectivity index (χ2n) is 7.25. The van der Waals surface area contributed by atoms with Gasteiger partial charge in [-0.25, -0.2) is 0 Å². The van der Waals surface area contributed by atoms with E-state index in [-0.39, 0.29) is 12.2 Å². The van der Waals surface area contributed by atoms with Crippen LogP contribution in [0.3, 0.4) is 0 Å². The summed E-state index contributed by atoms with van der Waals surface area (Å²) in [6.07, 6.45) is 0.580. The number of H-pyrrole nitrogens is 1. The zero-order chi connectivity index (χ0) is 20.8. The molecule has 2 aromatic carbocycles. The highest BCUT2D eigenvalue weighted by atomic mass is 32.1. The Morgan fingerprint density at radius 2 is 1.86 bits per heavy atom. The quantitative estimate of drug-likeness (QED) is 0.522. The molecule has 0 aliphatic carbocycles. The summed E-state index contributed by atoms with van der Waals surface area (Å²) < 4.78 is 0. The van der Waals surface area contributed by atoms with Crippen molar-refractivity contribution in [1.82, 2.24) is 15.2 Å². The Balaban J connectivity index is 1.82. The number of aromatic nitrogens is 1. The summed E-state index contributed by atoms with van der Waals surface area (Å²) in [7, 11) is 0. The van der Waals surface area contributed by atoms with Crippen molar-refractivity contribution in [2.75, 3.05) is 13.2 Å². The maximum absolute atomic E-state index is 12.7. The zero-order valence-corrected chi connectivity index (χ0v) is 17.7. The molecule has 6 heteroatoms. The number of aromatic amines is 1. The standard InChI is InChI=1S/C23H27N3O2S/c1-16-9-10-17(2)21-20(16)13-19(22(28)25-21)15-26(11-6-12-27)23(29)24-14-18-7-4-3-5-8-18/h3-5,7-10,13,27H,6,11-12,14-15H2,1-2H3,(H,24,29)(H,25,28). The molecule has 0 saturated carbocycles. The lowest BCUT2D eigenvalue weighted by Crippen LogP contribution is -2.40. The lowest BCUT2D eigenvalue weighted by atomic mass is 10.0. The van der Waals surface area contributed by atoms with Crippen molar-refractivity contribution in [3.63, 3.8) is 0 Å². The van der Waals surface area contributed by atoms with Crippen LogP contribution in [0.15, 0.2) is 53.3 Å². The van der Waals surface area contributed by atoms with Crippen molar-refractivity contribution in [2.45, 2.75) is 33.4 Å². The van der Waals surface area contributed by atoms with E-state index in [9.17, 15) is 9.90 Å². The van der Waals surface area contributed by atoms with Crippen molar-refractivity contribution in [2.24, 2.45) is 0 Å². The first-order chi connectivity index (χ1) is 14.0. The average molecular weight is 410 g/mol. The molecule has 152 valence electrons. The van der Waals surface area contributed by atoms with E-state index >= 15 is 0 Å². The number of rotatable bonds is 7. The average Bonchev–Trinajstić information content (AvgIpc) is 2.73. The molecule has 0 amide bonds. The summed E-state index contributed by atoms with van der Waals surface area (Å²) >= 11 is 5.59. The number of thiocarbonyl (C=S) groups is 1. The Labute approximate surface area is 176 Å². The zero-order valence-electron chi connectivity index (χ0n) is 16.9. The van der Waals surface area contributed by atoms with Gasteiger partial charge in [0.15, 0.2) is 5.11 Å². The van der Waals surface area contributed by atoms with Gasteiger partial charge in [0.25, 0.3) is 5.56 Å². The molecule has 0 atom stereocenters. The number of nitrogens with one attached hydrogen (secondary N) is 2. The molecule has 3 rings (SSSR count). The second-order valence-corrected chi connectivity index (χ2v) is 7.64. The minimum absolute atomic E-state index is 0.0736. The lowest BCUT2D eigenvalue weighted by Gasteiger charge is -2.26. The molecular formula is C23H27N3O2S. The van der Waals surface area contributed by atoms with E-state index in [1.807, 2.05) is 61.2 Å². The molecule has 5 nitrogen and oxygen atoms in total. The molecular weight excluding hydrogens is 382 g/mol. The fourth-order valence-corrected chi connectivity index (χ4v) is 3.57. The maximum Gasteiger partial charge on any atom is 0.253 e. The number of benzene rings is 2. The van der Waals surface area contributed by atoms with Crippen LogP contribution in [0.1, 0.15) is 28.7 Å². The van der Waals surface area contributed by atoms with Gasteiger partial charge in [0.1, 0.15) is 0 Å². The smallest absolute Gasteiger partial charge is 0.253 e. The highest BCUT2D eigenvalue weighted by Gasteiger charge is 2.14.